The molecule has 34 heavy (non-hydrogen) atoms. The van der Waals surface area contributed by atoms with E-state index in [0.717, 1.165) is 11.1 Å². The van der Waals surface area contributed by atoms with Gasteiger partial charge in [-0.3, -0.25) is 0 Å². The largest absolute Gasteiger partial charge is 0.462 e. The van der Waals surface area contributed by atoms with Crippen molar-refractivity contribution in [2.45, 2.75) is 26.6 Å². The number of aromatic nitrogens is 1. The second-order valence-electron chi connectivity index (χ2n) is 7.75. The Morgan fingerprint density at radius 3 is 2.41 bits per heavy atom. The number of cyclic esters (lactones) is 2. The van der Waals surface area contributed by atoms with Crippen molar-refractivity contribution >= 4 is 34.9 Å². The van der Waals surface area contributed by atoms with Gasteiger partial charge in [0.05, 0.1) is 12.3 Å². The first-order chi connectivity index (χ1) is 16.3. The van der Waals surface area contributed by atoms with Crippen LogP contribution in [0.2, 0.25) is 0 Å². The van der Waals surface area contributed by atoms with Crippen molar-refractivity contribution in [3.05, 3.63) is 71.2 Å². The van der Waals surface area contributed by atoms with Crippen LogP contribution in [0.4, 0.5) is 5.69 Å². The van der Waals surface area contributed by atoms with E-state index in [9.17, 15) is 14.4 Å². The second kappa shape index (κ2) is 9.48. The van der Waals surface area contributed by atoms with Crippen molar-refractivity contribution in [2.24, 2.45) is 0 Å². The zero-order valence-electron chi connectivity index (χ0n) is 18.8. The van der Waals surface area contributed by atoms with Gasteiger partial charge in [-0.25, -0.2) is 19.4 Å². The molecule has 1 aromatic heterocycles. The highest BCUT2D eigenvalue weighted by atomic mass is 32.1. The van der Waals surface area contributed by atoms with Gasteiger partial charge in [0.2, 0.25) is 0 Å². The zero-order valence-corrected chi connectivity index (χ0v) is 19.6. The smallest absolute Gasteiger partial charge is 0.350 e. The van der Waals surface area contributed by atoms with Gasteiger partial charge in [-0.2, -0.15) is 0 Å². The van der Waals surface area contributed by atoms with Crippen molar-refractivity contribution in [3.8, 4) is 21.8 Å². The molecule has 0 unspecified atom stereocenters. The molecular formula is C25H22N2O6S. The molecule has 1 N–H and O–H groups in total. The van der Waals surface area contributed by atoms with E-state index in [2.05, 4.69) is 5.32 Å². The monoisotopic (exact) mass is 478 g/mol. The number of carbonyl (C=O) groups is 3. The first-order valence-electron chi connectivity index (χ1n) is 10.5. The van der Waals surface area contributed by atoms with Crippen LogP contribution in [0.5, 0.6) is 0 Å². The summed E-state index contributed by atoms with van der Waals surface area (Å²) in [4.78, 5) is 42.0. The summed E-state index contributed by atoms with van der Waals surface area (Å²) in [7, 11) is 0. The average molecular weight is 479 g/mol. The molecule has 0 atom stereocenters. The number of ether oxygens (including phenoxy) is 3. The summed E-state index contributed by atoms with van der Waals surface area (Å²) in [6.07, 6.45) is 1.25. The first kappa shape index (κ1) is 23.2. The molecule has 4 rings (SSSR count). The van der Waals surface area contributed by atoms with E-state index in [4.69, 9.17) is 19.2 Å². The summed E-state index contributed by atoms with van der Waals surface area (Å²) in [5.74, 6) is -3.27. The number of hydrogen-bond acceptors (Lipinski definition) is 9. The third-order valence-electron chi connectivity index (χ3n) is 4.74. The van der Waals surface area contributed by atoms with E-state index in [1.165, 1.54) is 31.4 Å². The number of anilines is 1. The summed E-state index contributed by atoms with van der Waals surface area (Å²) >= 11 is 1.23. The third kappa shape index (κ3) is 4.99. The van der Waals surface area contributed by atoms with Crippen LogP contribution in [-0.2, 0) is 23.8 Å². The van der Waals surface area contributed by atoms with Crippen molar-refractivity contribution in [1.29, 1.82) is 0 Å². The maximum absolute atomic E-state index is 12.6. The van der Waals surface area contributed by atoms with Crippen LogP contribution in [0, 0.1) is 0 Å². The molecule has 9 heteroatoms. The molecule has 0 saturated carbocycles. The zero-order chi connectivity index (χ0) is 24.3. The molecule has 3 aromatic rings. The third-order valence-corrected chi connectivity index (χ3v) is 5.83. The number of carbonyl (C=O) groups excluding carboxylic acids is 3. The van der Waals surface area contributed by atoms with Gasteiger partial charge in [-0.1, -0.05) is 42.5 Å². The molecule has 1 aliphatic rings. The molecule has 0 amide bonds. The minimum absolute atomic E-state index is 0.241. The summed E-state index contributed by atoms with van der Waals surface area (Å²) in [5, 5.41) is 3.55. The summed E-state index contributed by atoms with van der Waals surface area (Å²) < 4.78 is 15.4. The molecular weight excluding hydrogens is 456 g/mol. The first-order valence-corrected chi connectivity index (χ1v) is 11.4. The fraction of sp³-hybridized carbons (Fsp3) is 0.200. The standard InChI is InChI=1S/C25H22N2O6S/c1-4-31-24(30)20-19(15-9-6-5-7-10-15)27-21(34-20)16-11-8-12-17(13-16)26-14-18-22(28)32-25(2,3)33-23(18)29/h5-14,26H,4H2,1-3H3. The van der Waals surface area contributed by atoms with Gasteiger partial charge in [0.25, 0.3) is 5.79 Å². The molecule has 2 heterocycles. The lowest BCUT2D eigenvalue weighted by atomic mass is 10.1. The molecule has 0 aliphatic carbocycles. The van der Waals surface area contributed by atoms with Gasteiger partial charge >= 0.3 is 17.9 Å². The summed E-state index contributed by atoms with van der Waals surface area (Å²) in [6, 6.07) is 16.6. The second-order valence-corrected chi connectivity index (χ2v) is 8.74. The highest BCUT2D eigenvalue weighted by Gasteiger charge is 2.38. The van der Waals surface area contributed by atoms with Gasteiger partial charge in [0.1, 0.15) is 9.88 Å². The Kier molecular flexibility index (Phi) is 6.47. The van der Waals surface area contributed by atoms with Crippen LogP contribution in [0.15, 0.2) is 66.4 Å². The van der Waals surface area contributed by atoms with Gasteiger partial charge in [-0.15, -0.1) is 11.3 Å². The molecule has 0 radical (unpaired) electrons. The lowest BCUT2D eigenvalue weighted by Gasteiger charge is -2.29. The maximum atomic E-state index is 12.6. The Labute approximate surface area is 200 Å². The molecule has 1 saturated heterocycles. The number of benzene rings is 2. The maximum Gasteiger partial charge on any atom is 0.350 e. The van der Waals surface area contributed by atoms with Crippen LogP contribution in [0.25, 0.3) is 21.8 Å². The van der Waals surface area contributed by atoms with Gasteiger partial charge in [0.15, 0.2) is 5.57 Å². The molecule has 1 fully saturated rings. The molecule has 1 aliphatic heterocycles. The van der Waals surface area contributed by atoms with E-state index in [-0.39, 0.29) is 12.2 Å². The molecule has 8 nitrogen and oxygen atoms in total. The molecule has 0 spiro atoms. The number of esters is 3. The quantitative estimate of drug-likeness (QED) is 0.307. The Morgan fingerprint density at radius 1 is 1.06 bits per heavy atom. The van der Waals surface area contributed by atoms with Crippen LogP contribution in [0.1, 0.15) is 30.4 Å². The average Bonchev–Trinajstić information content (AvgIpc) is 3.24. The minimum Gasteiger partial charge on any atom is -0.462 e. The topological polar surface area (TPSA) is 104 Å². The number of thiazole rings is 1. The predicted molar refractivity (Wildman–Crippen MR) is 127 cm³/mol. The van der Waals surface area contributed by atoms with E-state index < -0.39 is 23.7 Å². The van der Waals surface area contributed by atoms with Crippen molar-refractivity contribution in [3.63, 3.8) is 0 Å². The highest BCUT2D eigenvalue weighted by Crippen LogP contribution is 2.35. The number of rotatable bonds is 6. The number of nitrogens with one attached hydrogen (secondary N) is 1. The van der Waals surface area contributed by atoms with Gasteiger partial charge < -0.3 is 19.5 Å². The Morgan fingerprint density at radius 2 is 1.74 bits per heavy atom. The van der Waals surface area contributed by atoms with E-state index >= 15 is 0 Å². The Balaban J connectivity index is 1.63. The molecule has 0 bridgehead atoms. The predicted octanol–water partition coefficient (Wildman–Crippen LogP) is 4.79. The van der Waals surface area contributed by atoms with E-state index in [1.54, 1.807) is 25.1 Å². The lowest BCUT2D eigenvalue weighted by molar-refractivity contribution is -0.222. The fourth-order valence-electron chi connectivity index (χ4n) is 3.25. The van der Waals surface area contributed by atoms with Crippen LogP contribution in [-0.4, -0.2) is 35.3 Å². The van der Waals surface area contributed by atoms with Crippen molar-refractivity contribution in [2.75, 3.05) is 11.9 Å². The van der Waals surface area contributed by atoms with Gasteiger partial charge in [-0.05, 0) is 19.1 Å². The number of nitrogens with zero attached hydrogens (tertiary/aromatic N) is 1. The molecule has 174 valence electrons. The van der Waals surface area contributed by atoms with E-state index in [1.807, 2.05) is 36.4 Å². The SMILES string of the molecule is CCOC(=O)c1sc(-c2cccc(NC=C3C(=O)OC(C)(C)OC3=O)c2)nc1-c1ccccc1. The highest BCUT2D eigenvalue weighted by molar-refractivity contribution is 7.17. The molecule has 2 aromatic carbocycles. The summed E-state index contributed by atoms with van der Waals surface area (Å²) in [6.45, 7) is 4.98. The Hall–Kier alpha value is -3.98. The van der Waals surface area contributed by atoms with Crippen LogP contribution >= 0.6 is 11.3 Å². The summed E-state index contributed by atoms with van der Waals surface area (Å²) in [5.41, 5.74) is 2.47. The van der Waals surface area contributed by atoms with Gasteiger partial charge in [0, 0.05) is 36.9 Å². The van der Waals surface area contributed by atoms with E-state index in [0.29, 0.717) is 21.3 Å². The fourth-order valence-corrected chi connectivity index (χ4v) is 4.22. The van der Waals surface area contributed by atoms with Crippen LogP contribution < -0.4 is 5.32 Å². The lowest BCUT2D eigenvalue weighted by Crippen LogP contribution is -2.42. The van der Waals surface area contributed by atoms with Crippen molar-refractivity contribution in [1.82, 2.24) is 4.98 Å². The Bertz CT molecular complexity index is 1260. The van der Waals surface area contributed by atoms with Crippen LogP contribution in [0.3, 0.4) is 0 Å². The van der Waals surface area contributed by atoms with Crippen molar-refractivity contribution < 1.29 is 28.6 Å². The minimum atomic E-state index is -1.30. The number of hydrogen-bond donors (Lipinski definition) is 1. The normalized spacial score (nSPS) is 14.7.